The lowest BCUT2D eigenvalue weighted by Gasteiger charge is -2.26. The summed E-state index contributed by atoms with van der Waals surface area (Å²) in [4.78, 5) is 15.4. The number of hydrogen-bond donors (Lipinski definition) is 0. The van der Waals surface area contributed by atoms with Crippen molar-refractivity contribution in [2.75, 3.05) is 31.2 Å². The molecule has 1 aliphatic heterocycles. The van der Waals surface area contributed by atoms with Crippen LogP contribution in [0.15, 0.2) is 64.9 Å². The molecule has 0 saturated carbocycles. The molecule has 0 aliphatic carbocycles. The van der Waals surface area contributed by atoms with Gasteiger partial charge in [0.2, 0.25) is 10.0 Å². The monoisotopic (exact) mass is 478 g/mol. The van der Waals surface area contributed by atoms with Crippen molar-refractivity contribution in [3.63, 3.8) is 0 Å². The van der Waals surface area contributed by atoms with E-state index in [1.54, 1.807) is 12.1 Å². The van der Waals surface area contributed by atoms with E-state index in [0.29, 0.717) is 19.3 Å². The van der Waals surface area contributed by atoms with E-state index in [2.05, 4.69) is 0 Å². The molecule has 0 atom stereocenters. The highest BCUT2D eigenvalue weighted by atomic mass is 32.2. The number of morpholine rings is 1. The highest BCUT2D eigenvalue weighted by molar-refractivity contribution is 7.89. The second kappa shape index (κ2) is 9.45. The average Bonchev–Trinajstić information content (AvgIpc) is 3.31. The summed E-state index contributed by atoms with van der Waals surface area (Å²) in [6.45, 7) is 1.11. The number of hydrogen-bond acceptors (Lipinski definition) is 5. The molecule has 3 aromatic rings. The molecule has 0 unspecified atom stereocenters. The van der Waals surface area contributed by atoms with Crippen molar-refractivity contribution >= 4 is 33.0 Å². The van der Waals surface area contributed by atoms with Gasteiger partial charge in [0.1, 0.15) is 11.6 Å². The maximum absolute atomic E-state index is 14.6. The minimum Gasteiger partial charge on any atom is -0.379 e. The first-order chi connectivity index (χ1) is 15.4. The third-order valence-electron chi connectivity index (χ3n) is 5.03. The maximum Gasteiger partial charge on any atom is 0.258 e. The molecule has 1 saturated heterocycles. The Morgan fingerprint density at radius 1 is 1.06 bits per heavy atom. The average molecular weight is 479 g/mol. The van der Waals surface area contributed by atoms with Crippen LogP contribution in [-0.4, -0.2) is 44.9 Å². The van der Waals surface area contributed by atoms with Crippen LogP contribution in [0.4, 0.5) is 14.5 Å². The van der Waals surface area contributed by atoms with Crippen LogP contribution < -0.4 is 4.90 Å². The molecule has 0 spiro atoms. The number of nitrogens with zero attached hydrogens (tertiary/aromatic N) is 2. The summed E-state index contributed by atoms with van der Waals surface area (Å²) >= 11 is 1.39. The van der Waals surface area contributed by atoms with Gasteiger partial charge in [-0.05, 0) is 41.8 Å². The van der Waals surface area contributed by atoms with Crippen LogP contribution in [0.3, 0.4) is 0 Å². The zero-order valence-corrected chi connectivity index (χ0v) is 18.5. The van der Waals surface area contributed by atoms with Gasteiger partial charge < -0.3 is 9.64 Å². The Labute approximate surface area is 188 Å². The second-order valence-corrected chi connectivity index (χ2v) is 10.1. The smallest absolute Gasteiger partial charge is 0.258 e. The van der Waals surface area contributed by atoms with Crippen LogP contribution in [0.25, 0.3) is 0 Å². The minimum atomic E-state index is -3.81. The molecule has 168 valence electrons. The molecule has 1 aromatic heterocycles. The zero-order valence-electron chi connectivity index (χ0n) is 16.9. The fraction of sp³-hybridized carbons (Fsp3) is 0.227. The topological polar surface area (TPSA) is 66.9 Å². The molecule has 32 heavy (non-hydrogen) atoms. The van der Waals surface area contributed by atoms with Gasteiger partial charge in [-0.25, -0.2) is 17.2 Å². The quantitative estimate of drug-likeness (QED) is 0.539. The number of amides is 1. The molecule has 10 heteroatoms. The molecule has 6 nitrogen and oxygen atoms in total. The molecule has 0 radical (unpaired) electrons. The fourth-order valence-corrected chi connectivity index (χ4v) is 5.55. The van der Waals surface area contributed by atoms with Crippen molar-refractivity contribution in [1.82, 2.24) is 4.31 Å². The van der Waals surface area contributed by atoms with Gasteiger partial charge in [0.05, 0.1) is 30.3 Å². The van der Waals surface area contributed by atoms with E-state index in [4.69, 9.17) is 4.74 Å². The van der Waals surface area contributed by atoms with Crippen molar-refractivity contribution in [2.24, 2.45) is 0 Å². The van der Waals surface area contributed by atoms with Crippen LogP contribution in [0.5, 0.6) is 0 Å². The zero-order chi connectivity index (χ0) is 22.7. The molecule has 4 rings (SSSR count). The first-order valence-corrected chi connectivity index (χ1v) is 12.2. The number of carbonyl (C=O) groups excluding carboxylic acids is 1. The Kier molecular flexibility index (Phi) is 6.66. The maximum atomic E-state index is 14.6. The van der Waals surface area contributed by atoms with Gasteiger partial charge in [0.25, 0.3) is 5.91 Å². The third kappa shape index (κ3) is 4.73. The number of sulfonamides is 1. The molecular weight excluding hydrogens is 458 g/mol. The van der Waals surface area contributed by atoms with Crippen molar-refractivity contribution < 1.29 is 26.7 Å². The first kappa shape index (κ1) is 22.5. The highest BCUT2D eigenvalue weighted by Crippen LogP contribution is 2.27. The second-order valence-electron chi connectivity index (χ2n) is 7.11. The number of benzene rings is 2. The summed E-state index contributed by atoms with van der Waals surface area (Å²) in [5.41, 5.74) is -0.00847. The van der Waals surface area contributed by atoms with Crippen LogP contribution in [-0.2, 0) is 21.3 Å². The SMILES string of the molecule is O=C(c1cccc(S(=O)(=O)N2CCOCC2)c1)N(Cc1cccs1)c1ccc(F)cc1F. The Balaban J connectivity index is 1.70. The van der Waals surface area contributed by atoms with E-state index in [1.807, 2.05) is 5.38 Å². The fourth-order valence-electron chi connectivity index (χ4n) is 3.41. The predicted molar refractivity (Wildman–Crippen MR) is 117 cm³/mol. The van der Waals surface area contributed by atoms with Gasteiger partial charge in [-0.15, -0.1) is 11.3 Å². The van der Waals surface area contributed by atoms with Crippen LogP contribution >= 0.6 is 11.3 Å². The lowest BCUT2D eigenvalue weighted by atomic mass is 10.1. The molecule has 1 aliphatic rings. The van der Waals surface area contributed by atoms with Gasteiger partial charge in [0, 0.05) is 29.6 Å². The van der Waals surface area contributed by atoms with Crippen molar-refractivity contribution in [2.45, 2.75) is 11.4 Å². The first-order valence-electron chi connectivity index (χ1n) is 9.83. The highest BCUT2D eigenvalue weighted by Gasteiger charge is 2.28. The predicted octanol–water partition coefficient (Wildman–Crippen LogP) is 3.89. The van der Waals surface area contributed by atoms with E-state index in [9.17, 15) is 22.0 Å². The summed E-state index contributed by atoms with van der Waals surface area (Å²) in [6.07, 6.45) is 0. The molecule has 1 fully saturated rings. The Morgan fingerprint density at radius 3 is 2.53 bits per heavy atom. The normalized spacial score (nSPS) is 14.9. The Bertz CT molecular complexity index is 1210. The van der Waals surface area contributed by atoms with E-state index >= 15 is 0 Å². The molecule has 0 bridgehead atoms. The van der Waals surface area contributed by atoms with Crippen LogP contribution in [0.1, 0.15) is 15.2 Å². The summed E-state index contributed by atoms with van der Waals surface area (Å²) in [5, 5.41) is 1.83. The number of rotatable bonds is 6. The molecule has 2 heterocycles. The van der Waals surface area contributed by atoms with Crippen molar-refractivity contribution in [3.05, 3.63) is 82.1 Å². The molecule has 2 aromatic carbocycles. The van der Waals surface area contributed by atoms with E-state index in [1.165, 1.54) is 50.9 Å². The van der Waals surface area contributed by atoms with E-state index in [-0.39, 0.29) is 35.8 Å². The summed E-state index contributed by atoms with van der Waals surface area (Å²) in [6, 6.07) is 12.2. The molecule has 1 amide bonds. The lowest BCUT2D eigenvalue weighted by molar-refractivity contribution is 0.0730. The number of halogens is 2. The van der Waals surface area contributed by atoms with E-state index in [0.717, 1.165) is 10.9 Å². The number of carbonyl (C=O) groups is 1. The summed E-state index contributed by atoms with van der Waals surface area (Å²) in [7, 11) is -3.81. The summed E-state index contributed by atoms with van der Waals surface area (Å²) in [5.74, 6) is -2.23. The number of thiophene rings is 1. The lowest BCUT2D eigenvalue weighted by Crippen LogP contribution is -2.40. The third-order valence-corrected chi connectivity index (χ3v) is 7.78. The standard InChI is InChI=1S/C22H20F2N2O4S2/c23-17-6-7-21(20(24)14-17)26(15-18-4-2-12-31-18)22(27)16-3-1-5-19(13-16)32(28,29)25-8-10-30-11-9-25/h1-7,12-14H,8-11,15H2. The van der Waals surface area contributed by atoms with Gasteiger partial charge >= 0.3 is 0 Å². The van der Waals surface area contributed by atoms with Gasteiger partial charge in [-0.1, -0.05) is 12.1 Å². The van der Waals surface area contributed by atoms with Gasteiger partial charge in [-0.2, -0.15) is 4.31 Å². The van der Waals surface area contributed by atoms with E-state index < -0.39 is 27.6 Å². The van der Waals surface area contributed by atoms with Crippen LogP contribution in [0, 0.1) is 11.6 Å². The van der Waals surface area contributed by atoms with Crippen molar-refractivity contribution in [3.8, 4) is 0 Å². The number of anilines is 1. The molecule has 0 N–H and O–H groups in total. The Morgan fingerprint density at radius 2 is 1.84 bits per heavy atom. The van der Waals surface area contributed by atoms with Gasteiger partial charge in [-0.3, -0.25) is 4.79 Å². The minimum absolute atomic E-state index is 0.0269. The van der Waals surface area contributed by atoms with Gasteiger partial charge in [0.15, 0.2) is 0 Å². The van der Waals surface area contributed by atoms with Crippen molar-refractivity contribution in [1.29, 1.82) is 0 Å². The van der Waals surface area contributed by atoms with Crippen LogP contribution in [0.2, 0.25) is 0 Å². The largest absolute Gasteiger partial charge is 0.379 e. The summed E-state index contributed by atoms with van der Waals surface area (Å²) < 4.78 is 60.5. The Hall–Kier alpha value is -2.66. The number of ether oxygens (including phenoxy) is 1. The molecular formula is C22H20F2N2O4S2.